The maximum atomic E-state index is 6.97. The van der Waals surface area contributed by atoms with Crippen LogP contribution in [0.1, 0.15) is 5.69 Å². The minimum atomic E-state index is -0.161. The SMILES string of the molecule is COc1conc1C(=N)N.Cl. The lowest BCUT2D eigenvalue weighted by atomic mass is 10.4. The van der Waals surface area contributed by atoms with Gasteiger partial charge < -0.3 is 15.0 Å². The summed E-state index contributed by atoms with van der Waals surface area (Å²) in [4.78, 5) is 0. The van der Waals surface area contributed by atoms with E-state index < -0.39 is 0 Å². The second-order valence-electron chi connectivity index (χ2n) is 1.65. The molecule has 62 valence electrons. The molecular formula is C5H8ClN3O2. The Hall–Kier alpha value is -1.23. The molecule has 0 atom stereocenters. The van der Waals surface area contributed by atoms with Gasteiger partial charge in [-0.25, -0.2) is 0 Å². The number of methoxy groups -OCH3 is 1. The number of ether oxygens (including phenoxy) is 1. The third-order valence-electron chi connectivity index (χ3n) is 1.01. The number of nitrogens with zero attached hydrogens (tertiary/aromatic N) is 1. The van der Waals surface area contributed by atoms with Gasteiger partial charge in [0.1, 0.15) is 5.84 Å². The highest BCUT2D eigenvalue weighted by atomic mass is 35.5. The number of nitrogens with one attached hydrogen (secondary N) is 1. The second-order valence-corrected chi connectivity index (χ2v) is 1.65. The van der Waals surface area contributed by atoms with Crippen molar-refractivity contribution in [1.29, 1.82) is 5.41 Å². The van der Waals surface area contributed by atoms with Crippen LogP contribution in [0.25, 0.3) is 0 Å². The van der Waals surface area contributed by atoms with Gasteiger partial charge in [0.15, 0.2) is 17.7 Å². The molecule has 0 spiro atoms. The summed E-state index contributed by atoms with van der Waals surface area (Å²) in [5.74, 6) is 0.220. The van der Waals surface area contributed by atoms with E-state index in [2.05, 4.69) is 9.68 Å². The summed E-state index contributed by atoms with van der Waals surface area (Å²) >= 11 is 0. The van der Waals surface area contributed by atoms with Crippen molar-refractivity contribution in [2.24, 2.45) is 5.73 Å². The molecule has 1 heterocycles. The Morgan fingerprint density at radius 1 is 1.82 bits per heavy atom. The smallest absolute Gasteiger partial charge is 0.189 e. The molecule has 0 aromatic carbocycles. The first-order valence-electron chi connectivity index (χ1n) is 2.58. The van der Waals surface area contributed by atoms with Crippen molar-refractivity contribution in [2.75, 3.05) is 7.11 Å². The van der Waals surface area contributed by atoms with Gasteiger partial charge >= 0.3 is 0 Å². The quantitative estimate of drug-likeness (QED) is 0.506. The van der Waals surface area contributed by atoms with Crippen LogP contribution in [0, 0.1) is 5.41 Å². The molecular weight excluding hydrogens is 170 g/mol. The molecule has 5 nitrogen and oxygen atoms in total. The van der Waals surface area contributed by atoms with Crippen LogP contribution in [0.2, 0.25) is 0 Å². The van der Waals surface area contributed by atoms with Gasteiger partial charge in [0.05, 0.1) is 7.11 Å². The summed E-state index contributed by atoms with van der Waals surface area (Å²) in [6.45, 7) is 0. The molecule has 0 saturated heterocycles. The van der Waals surface area contributed by atoms with Crippen molar-refractivity contribution < 1.29 is 9.26 Å². The van der Waals surface area contributed by atoms with E-state index in [0.29, 0.717) is 5.75 Å². The van der Waals surface area contributed by atoms with Crippen LogP contribution in [0.3, 0.4) is 0 Å². The van der Waals surface area contributed by atoms with E-state index in [4.69, 9.17) is 15.9 Å². The van der Waals surface area contributed by atoms with Crippen LogP contribution in [0.15, 0.2) is 10.8 Å². The number of halogens is 1. The summed E-state index contributed by atoms with van der Waals surface area (Å²) in [6, 6.07) is 0. The maximum absolute atomic E-state index is 6.97. The summed E-state index contributed by atoms with van der Waals surface area (Å²) < 4.78 is 9.27. The molecule has 0 aliphatic rings. The second kappa shape index (κ2) is 3.82. The molecule has 11 heavy (non-hydrogen) atoms. The van der Waals surface area contributed by atoms with E-state index >= 15 is 0 Å². The standard InChI is InChI=1S/C5H7N3O2.ClH/c1-9-3-2-10-8-4(3)5(6)7;/h2H,1H3,(H3,6,7);1H. The highest BCUT2D eigenvalue weighted by Gasteiger charge is 2.09. The monoisotopic (exact) mass is 177 g/mol. The Morgan fingerprint density at radius 2 is 2.45 bits per heavy atom. The third kappa shape index (κ3) is 1.84. The molecule has 0 radical (unpaired) electrons. The fourth-order valence-corrected chi connectivity index (χ4v) is 0.554. The molecule has 1 aromatic rings. The number of rotatable bonds is 2. The summed E-state index contributed by atoms with van der Waals surface area (Å²) in [5.41, 5.74) is 5.35. The Bertz CT molecular complexity index is 248. The van der Waals surface area contributed by atoms with E-state index in [1.54, 1.807) is 0 Å². The Morgan fingerprint density at radius 3 is 2.82 bits per heavy atom. The lowest BCUT2D eigenvalue weighted by Crippen LogP contribution is -2.12. The van der Waals surface area contributed by atoms with Crippen molar-refractivity contribution in [1.82, 2.24) is 5.16 Å². The van der Waals surface area contributed by atoms with Gasteiger partial charge in [-0.3, -0.25) is 5.41 Å². The number of aromatic nitrogens is 1. The van der Waals surface area contributed by atoms with Crippen molar-refractivity contribution >= 4 is 18.2 Å². The van der Waals surface area contributed by atoms with Crippen molar-refractivity contribution in [3.8, 4) is 5.75 Å². The van der Waals surface area contributed by atoms with Gasteiger partial charge in [0.25, 0.3) is 0 Å². The number of hydrogen-bond acceptors (Lipinski definition) is 4. The number of amidine groups is 1. The zero-order valence-electron chi connectivity index (χ0n) is 5.83. The molecule has 0 saturated carbocycles. The van der Waals surface area contributed by atoms with Crippen molar-refractivity contribution in [2.45, 2.75) is 0 Å². The van der Waals surface area contributed by atoms with Crippen LogP contribution in [-0.4, -0.2) is 18.1 Å². The van der Waals surface area contributed by atoms with E-state index in [9.17, 15) is 0 Å². The third-order valence-corrected chi connectivity index (χ3v) is 1.01. The van der Waals surface area contributed by atoms with Crippen molar-refractivity contribution in [3.63, 3.8) is 0 Å². The first-order chi connectivity index (χ1) is 4.75. The molecule has 0 aliphatic carbocycles. The lowest BCUT2D eigenvalue weighted by Gasteiger charge is -1.93. The highest BCUT2D eigenvalue weighted by Crippen LogP contribution is 2.13. The van der Waals surface area contributed by atoms with Gasteiger partial charge in [-0.05, 0) is 0 Å². The van der Waals surface area contributed by atoms with E-state index in [1.807, 2.05) is 0 Å². The minimum absolute atomic E-state index is 0. The van der Waals surface area contributed by atoms with E-state index in [0.717, 1.165) is 0 Å². The van der Waals surface area contributed by atoms with Gasteiger partial charge in [-0.2, -0.15) is 0 Å². The number of nitrogen functional groups attached to an aromatic ring is 1. The van der Waals surface area contributed by atoms with Gasteiger partial charge in [-0.1, -0.05) is 5.16 Å². The summed E-state index contributed by atoms with van der Waals surface area (Å²) in [6.07, 6.45) is 1.29. The predicted molar refractivity (Wildman–Crippen MR) is 41.3 cm³/mol. The van der Waals surface area contributed by atoms with E-state index in [1.165, 1.54) is 13.4 Å². The first kappa shape index (κ1) is 9.77. The molecule has 0 fully saturated rings. The fourth-order valence-electron chi connectivity index (χ4n) is 0.554. The van der Waals surface area contributed by atoms with Crippen molar-refractivity contribution in [3.05, 3.63) is 12.0 Å². The average molecular weight is 178 g/mol. The normalized spacial score (nSPS) is 8.45. The van der Waals surface area contributed by atoms with Crippen LogP contribution in [-0.2, 0) is 0 Å². The minimum Gasteiger partial charge on any atom is -0.491 e. The topological polar surface area (TPSA) is 85.1 Å². The first-order valence-corrected chi connectivity index (χ1v) is 2.58. The van der Waals surface area contributed by atoms with Crippen LogP contribution < -0.4 is 10.5 Å². The molecule has 0 unspecified atom stereocenters. The largest absolute Gasteiger partial charge is 0.491 e. The van der Waals surface area contributed by atoms with Crippen LogP contribution >= 0.6 is 12.4 Å². The number of nitrogens with two attached hydrogens (primary N) is 1. The molecule has 1 rings (SSSR count). The summed E-state index contributed by atoms with van der Waals surface area (Å²) in [5, 5.41) is 10.4. The average Bonchev–Trinajstić information content (AvgIpc) is 2.33. The lowest BCUT2D eigenvalue weighted by molar-refractivity contribution is 0.390. The molecule has 6 heteroatoms. The highest BCUT2D eigenvalue weighted by molar-refractivity contribution is 5.95. The Labute approximate surface area is 69.4 Å². The van der Waals surface area contributed by atoms with E-state index in [-0.39, 0.29) is 23.9 Å². The fraction of sp³-hybridized carbons (Fsp3) is 0.200. The molecule has 3 N–H and O–H groups in total. The van der Waals surface area contributed by atoms with Crippen LogP contribution in [0.5, 0.6) is 5.75 Å². The Balaban J connectivity index is 0.000001000. The van der Waals surface area contributed by atoms with Gasteiger partial charge in [-0.15, -0.1) is 12.4 Å². The number of hydrogen-bond donors (Lipinski definition) is 2. The predicted octanol–water partition coefficient (Wildman–Crippen LogP) is 0.389. The molecule has 0 bridgehead atoms. The zero-order valence-corrected chi connectivity index (χ0v) is 6.64. The molecule has 0 amide bonds. The van der Waals surface area contributed by atoms with Crippen LogP contribution in [0.4, 0.5) is 0 Å². The van der Waals surface area contributed by atoms with Gasteiger partial charge in [0, 0.05) is 0 Å². The zero-order chi connectivity index (χ0) is 7.56. The van der Waals surface area contributed by atoms with Gasteiger partial charge in [0.2, 0.25) is 0 Å². The molecule has 0 aliphatic heterocycles. The Kier molecular flexibility index (Phi) is 3.39. The maximum Gasteiger partial charge on any atom is 0.189 e. The molecule has 1 aromatic heterocycles. The summed E-state index contributed by atoms with van der Waals surface area (Å²) in [7, 11) is 1.46.